The second-order valence-corrected chi connectivity index (χ2v) is 5.33. The van der Waals surface area contributed by atoms with Crippen LogP contribution in [-0.4, -0.2) is 39.2 Å². The smallest absolute Gasteiger partial charge is 0.233 e. The molecule has 0 aliphatic carbocycles. The number of ether oxygens (including phenoxy) is 3. The SMILES string of the molecule is COc1ccc(OCCNC(=O)CC(=O)Nc2cccc(OC)c2)cc1. The van der Waals surface area contributed by atoms with Crippen LogP contribution >= 0.6 is 0 Å². The first-order chi connectivity index (χ1) is 12.6. The minimum atomic E-state index is -0.396. The van der Waals surface area contributed by atoms with Gasteiger partial charge in [-0.15, -0.1) is 0 Å². The van der Waals surface area contributed by atoms with Crippen LogP contribution in [0.2, 0.25) is 0 Å². The quantitative estimate of drug-likeness (QED) is 0.530. The van der Waals surface area contributed by atoms with E-state index in [4.69, 9.17) is 14.2 Å². The molecule has 2 aromatic carbocycles. The van der Waals surface area contributed by atoms with Crippen LogP contribution in [0.15, 0.2) is 48.5 Å². The van der Waals surface area contributed by atoms with E-state index in [1.165, 1.54) is 0 Å². The maximum Gasteiger partial charge on any atom is 0.233 e. The predicted molar refractivity (Wildman–Crippen MR) is 97.7 cm³/mol. The highest BCUT2D eigenvalue weighted by molar-refractivity contribution is 6.03. The lowest BCUT2D eigenvalue weighted by Crippen LogP contribution is -2.31. The Bertz CT molecular complexity index is 731. The van der Waals surface area contributed by atoms with E-state index >= 15 is 0 Å². The van der Waals surface area contributed by atoms with Gasteiger partial charge in [-0.3, -0.25) is 9.59 Å². The Kier molecular flexibility index (Phi) is 7.30. The van der Waals surface area contributed by atoms with Gasteiger partial charge in [0.2, 0.25) is 11.8 Å². The highest BCUT2D eigenvalue weighted by atomic mass is 16.5. The van der Waals surface area contributed by atoms with Gasteiger partial charge in [0, 0.05) is 11.8 Å². The number of hydrogen-bond acceptors (Lipinski definition) is 5. The van der Waals surface area contributed by atoms with Gasteiger partial charge in [0.25, 0.3) is 0 Å². The molecule has 2 N–H and O–H groups in total. The average Bonchev–Trinajstić information content (AvgIpc) is 2.65. The molecule has 0 aromatic heterocycles. The van der Waals surface area contributed by atoms with Gasteiger partial charge in [-0.1, -0.05) is 6.07 Å². The van der Waals surface area contributed by atoms with E-state index in [1.54, 1.807) is 62.8 Å². The number of benzene rings is 2. The number of hydrogen-bond donors (Lipinski definition) is 2. The van der Waals surface area contributed by atoms with Crippen molar-refractivity contribution in [1.29, 1.82) is 0 Å². The molecule has 0 radical (unpaired) electrons. The molecular formula is C19H22N2O5. The van der Waals surface area contributed by atoms with Crippen molar-refractivity contribution in [2.75, 3.05) is 32.7 Å². The lowest BCUT2D eigenvalue weighted by atomic mass is 10.3. The molecule has 2 rings (SSSR count). The summed E-state index contributed by atoms with van der Waals surface area (Å²) < 4.78 is 15.6. The van der Waals surface area contributed by atoms with Gasteiger partial charge in [0.15, 0.2) is 0 Å². The van der Waals surface area contributed by atoms with E-state index in [1.807, 2.05) is 0 Å². The number of amides is 2. The summed E-state index contributed by atoms with van der Waals surface area (Å²) in [5.41, 5.74) is 0.574. The van der Waals surface area contributed by atoms with Gasteiger partial charge in [-0.25, -0.2) is 0 Å². The molecule has 7 heteroatoms. The van der Waals surface area contributed by atoms with E-state index in [-0.39, 0.29) is 12.3 Å². The van der Waals surface area contributed by atoms with E-state index in [0.717, 1.165) is 5.75 Å². The number of methoxy groups -OCH3 is 2. The summed E-state index contributed by atoms with van der Waals surface area (Å²) in [5.74, 6) is 1.28. The summed E-state index contributed by atoms with van der Waals surface area (Å²) in [6, 6.07) is 14.1. The molecule has 2 aromatic rings. The average molecular weight is 358 g/mol. The zero-order chi connectivity index (χ0) is 18.8. The van der Waals surface area contributed by atoms with Crippen molar-refractivity contribution in [3.05, 3.63) is 48.5 Å². The van der Waals surface area contributed by atoms with E-state index < -0.39 is 5.91 Å². The maximum atomic E-state index is 11.9. The summed E-state index contributed by atoms with van der Waals surface area (Å²) >= 11 is 0. The predicted octanol–water partition coefficient (Wildman–Crippen LogP) is 2.23. The minimum absolute atomic E-state index is 0.264. The summed E-state index contributed by atoms with van der Waals surface area (Å²) in [7, 11) is 3.14. The zero-order valence-corrected chi connectivity index (χ0v) is 14.8. The normalized spacial score (nSPS) is 9.92. The van der Waals surface area contributed by atoms with Crippen molar-refractivity contribution >= 4 is 17.5 Å². The van der Waals surface area contributed by atoms with Crippen molar-refractivity contribution in [3.8, 4) is 17.2 Å². The first kappa shape index (κ1) is 19.1. The molecule has 0 heterocycles. The largest absolute Gasteiger partial charge is 0.497 e. The van der Waals surface area contributed by atoms with Crippen LogP contribution < -0.4 is 24.8 Å². The van der Waals surface area contributed by atoms with Crippen LogP contribution in [0.3, 0.4) is 0 Å². The van der Waals surface area contributed by atoms with Crippen molar-refractivity contribution < 1.29 is 23.8 Å². The molecule has 0 saturated heterocycles. The van der Waals surface area contributed by atoms with E-state index in [2.05, 4.69) is 10.6 Å². The van der Waals surface area contributed by atoms with Crippen LogP contribution in [0.5, 0.6) is 17.2 Å². The first-order valence-corrected chi connectivity index (χ1v) is 8.08. The molecule has 138 valence electrons. The highest BCUT2D eigenvalue weighted by Gasteiger charge is 2.09. The van der Waals surface area contributed by atoms with Crippen LogP contribution in [-0.2, 0) is 9.59 Å². The highest BCUT2D eigenvalue weighted by Crippen LogP contribution is 2.17. The molecule has 0 atom stereocenters. The van der Waals surface area contributed by atoms with Gasteiger partial charge >= 0.3 is 0 Å². The molecule has 26 heavy (non-hydrogen) atoms. The third kappa shape index (κ3) is 6.35. The Labute approximate surface area is 152 Å². The third-order valence-corrected chi connectivity index (χ3v) is 3.43. The summed E-state index contributed by atoms with van der Waals surface area (Å²) in [6.07, 6.45) is -0.264. The number of nitrogens with one attached hydrogen (secondary N) is 2. The molecule has 0 aliphatic rings. The van der Waals surface area contributed by atoms with E-state index in [9.17, 15) is 9.59 Å². The minimum Gasteiger partial charge on any atom is -0.497 e. The Morgan fingerprint density at radius 3 is 2.27 bits per heavy atom. The van der Waals surface area contributed by atoms with Gasteiger partial charge in [0.1, 0.15) is 30.3 Å². The number of carbonyl (C=O) groups is 2. The zero-order valence-electron chi connectivity index (χ0n) is 14.8. The second-order valence-electron chi connectivity index (χ2n) is 5.33. The molecule has 2 amide bonds. The Hall–Kier alpha value is -3.22. The molecule has 0 fully saturated rings. The van der Waals surface area contributed by atoms with Gasteiger partial charge < -0.3 is 24.8 Å². The molecule has 0 saturated carbocycles. The lowest BCUT2D eigenvalue weighted by Gasteiger charge is -2.09. The summed E-state index contributed by atoms with van der Waals surface area (Å²) in [4.78, 5) is 23.7. The second kappa shape index (κ2) is 9.93. The van der Waals surface area contributed by atoms with Gasteiger partial charge in [-0.05, 0) is 36.4 Å². The van der Waals surface area contributed by atoms with Crippen LogP contribution in [0.4, 0.5) is 5.69 Å². The maximum absolute atomic E-state index is 11.9. The number of carbonyl (C=O) groups excluding carboxylic acids is 2. The number of rotatable bonds is 9. The number of anilines is 1. The molecule has 0 unspecified atom stereocenters. The molecular weight excluding hydrogens is 336 g/mol. The van der Waals surface area contributed by atoms with Crippen molar-refractivity contribution in [1.82, 2.24) is 5.32 Å². The first-order valence-electron chi connectivity index (χ1n) is 8.08. The van der Waals surface area contributed by atoms with Crippen molar-refractivity contribution in [2.24, 2.45) is 0 Å². The fraction of sp³-hybridized carbons (Fsp3) is 0.263. The molecule has 0 spiro atoms. The van der Waals surface area contributed by atoms with Crippen molar-refractivity contribution in [2.45, 2.75) is 6.42 Å². The van der Waals surface area contributed by atoms with Gasteiger partial charge in [0.05, 0.1) is 20.8 Å². The Balaban J connectivity index is 1.66. The molecule has 0 bridgehead atoms. The lowest BCUT2D eigenvalue weighted by molar-refractivity contribution is -0.126. The molecule has 7 nitrogen and oxygen atoms in total. The topological polar surface area (TPSA) is 85.9 Å². The van der Waals surface area contributed by atoms with Crippen molar-refractivity contribution in [3.63, 3.8) is 0 Å². The monoisotopic (exact) mass is 358 g/mol. The third-order valence-electron chi connectivity index (χ3n) is 3.43. The standard InChI is InChI=1S/C19H22N2O5/c1-24-15-6-8-16(9-7-15)26-11-10-20-18(22)13-19(23)21-14-4-3-5-17(12-14)25-2/h3-9,12H,10-11,13H2,1-2H3,(H,20,22)(H,21,23). The van der Waals surface area contributed by atoms with Crippen LogP contribution in [0, 0.1) is 0 Å². The van der Waals surface area contributed by atoms with E-state index in [0.29, 0.717) is 30.3 Å². The Morgan fingerprint density at radius 2 is 1.58 bits per heavy atom. The van der Waals surface area contributed by atoms with Crippen LogP contribution in [0.1, 0.15) is 6.42 Å². The fourth-order valence-electron chi connectivity index (χ4n) is 2.15. The fourth-order valence-corrected chi connectivity index (χ4v) is 2.15. The van der Waals surface area contributed by atoms with Gasteiger partial charge in [-0.2, -0.15) is 0 Å². The summed E-state index contributed by atoms with van der Waals surface area (Å²) in [5, 5.41) is 5.29. The Morgan fingerprint density at radius 1 is 0.885 bits per heavy atom. The molecule has 0 aliphatic heterocycles. The summed E-state index contributed by atoms with van der Waals surface area (Å²) in [6.45, 7) is 0.604. The van der Waals surface area contributed by atoms with Crippen LogP contribution in [0.25, 0.3) is 0 Å².